The number of pyridine rings is 1. The van der Waals surface area contributed by atoms with Gasteiger partial charge in [0.2, 0.25) is 0 Å². The number of carbonyl (C=O) groups excluding carboxylic acids is 1. The van der Waals surface area contributed by atoms with E-state index < -0.39 is 23.4 Å². The highest BCUT2D eigenvalue weighted by Crippen LogP contribution is 2.32. The number of rotatable bonds is 6. The molecule has 5 rings (SSSR count). The van der Waals surface area contributed by atoms with Crippen LogP contribution >= 0.6 is 11.3 Å². The Morgan fingerprint density at radius 3 is 2.55 bits per heavy atom. The Bertz CT molecular complexity index is 1380. The van der Waals surface area contributed by atoms with E-state index in [2.05, 4.69) is 25.1 Å². The normalized spacial score (nSPS) is 16.8. The highest BCUT2D eigenvalue weighted by molar-refractivity contribution is 7.22. The average molecular weight is 571 g/mol. The first-order valence-corrected chi connectivity index (χ1v) is 14.4. The third kappa shape index (κ3) is 6.28. The second kappa shape index (κ2) is 11.5. The minimum Gasteiger partial charge on any atom is -0.465 e. The van der Waals surface area contributed by atoms with Crippen molar-refractivity contribution in [1.29, 1.82) is 0 Å². The molecule has 0 aliphatic carbocycles. The van der Waals surface area contributed by atoms with Gasteiger partial charge in [0.1, 0.15) is 5.82 Å². The van der Waals surface area contributed by atoms with Crippen LogP contribution in [0.2, 0.25) is 0 Å². The Labute approximate surface area is 236 Å². The second-order valence-electron chi connectivity index (χ2n) is 11.3. The molecule has 10 nitrogen and oxygen atoms in total. The van der Waals surface area contributed by atoms with Crippen molar-refractivity contribution in [2.75, 3.05) is 61.1 Å². The van der Waals surface area contributed by atoms with Gasteiger partial charge in [0, 0.05) is 44.0 Å². The van der Waals surface area contributed by atoms with Crippen molar-refractivity contribution in [3.05, 3.63) is 41.8 Å². The predicted octanol–water partition coefficient (Wildman–Crippen LogP) is 4.91. The lowest BCUT2D eigenvalue weighted by Crippen LogP contribution is -2.49. The van der Waals surface area contributed by atoms with Crippen LogP contribution < -0.4 is 15.1 Å². The van der Waals surface area contributed by atoms with E-state index >= 15 is 0 Å². The minimum atomic E-state index is -0.921. The van der Waals surface area contributed by atoms with Crippen molar-refractivity contribution in [2.24, 2.45) is 5.92 Å². The lowest BCUT2D eigenvalue weighted by Gasteiger charge is -2.40. The van der Waals surface area contributed by atoms with E-state index in [-0.39, 0.29) is 11.5 Å². The van der Waals surface area contributed by atoms with Crippen molar-refractivity contribution >= 4 is 50.2 Å². The molecule has 2 aliphatic heterocycles. The van der Waals surface area contributed by atoms with Crippen LogP contribution in [0.15, 0.2) is 30.5 Å². The maximum Gasteiger partial charge on any atom is 0.407 e. The van der Waals surface area contributed by atoms with Gasteiger partial charge in [-0.25, -0.2) is 14.2 Å². The third-order valence-electron chi connectivity index (χ3n) is 7.42. The third-order valence-corrected chi connectivity index (χ3v) is 8.47. The predicted molar refractivity (Wildman–Crippen MR) is 154 cm³/mol. The molecule has 12 heteroatoms. The summed E-state index contributed by atoms with van der Waals surface area (Å²) in [5.74, 6) is -0.693. The van der Waals surface area contributed by atoms with Gasteiger partial charge >= 0.3 is 6.09 Å². The zero-order valence-electron chi connectivity index (χ0n) is 23.0. The number of carboxylic acid groups (broad SMARTS) is 1. The highest BCUT2D eigenvalue weighted by Gasteiger charge is 2.31. The molecule has 2 N–H and O–H groups in total. The number of piperidine rings is 1. The number of halogens is 1. The maximum atomic E-state index is 14.3. The van der Waals surface area contributed by atoms with Crippen LogP contribution in [0.1, 0.15) is 44.0 Å². The number of ether oxygens (including phenoxy) is 1. The van der Waals surface area contributed by atoms with E-state index in [4.69, 9.17) is 4.74 Å². The van der Waals surface area contributed by atoms with Gasteiger partial charge < -0.3 is 29.9 Å². The van der Waals surface area contributed by atoms with Gasteiger partial charge in [-0.1, -0.05) is 11.3 Å². The van der Waals surface area contributed by atoms with E-state index in [1.165, 1.54) is 28.4 Å². The molecule has 0 atom stereocenters. The quantitative estimate of drug-likeness (QED) is 0.430. The van der Waals surface area contributed by atoms with Crippen LogP contribution in [0.5, 0.6) is 0 Å². The fraction of sp³-hybridized carbons (Fsp3) is 0.500. The zero-order chi connectivity index (χ0) is 28.4. The fourth-order valence-corrected chi connectivity index (χ4v) is 6.20. The maximum absolute atomic E-state index is 14.3. The van der Waals surface area contributed by atoms with Crippen LogP contribution in [0.3, 0.4) is 0 Å². The Kier molecular flexibility index (Phi) is 8.09. The molecule has 40 heavy (non-hydrogen) atoms. The monoisotopic (exact) mass is 570 g/mol. The topological polar surface area (TPSA) is 111 Å². The number of anilines is 3. The molecule has 214 valence electrons. The van der Waals surface area contributed by atoms with Gasteiger partial charge in [-0.05, 0) is 63.8 Å². The highest BCUT2D eigenvalue weighted by atomic mass is 32.1. The first kappa shape index (κ1) is 28.0. The van der Waals surface area contributed by atoms with Gasteiger partial charge in [0.05, 0.1) is 35.4 Å². The van der Waals surface area contributed by atoms with Gasteiger partial charge in [0.15, 0.2) is 10.8 Å². The van der Waals surface area contributed by atoms with Crippen LogP contribution in [0.4, 0.5) is 25.7 Å². The van der Waals surface area contributed by atoms with E-state index in [0.717, 1.165) is 35.8 Å². The number of aromatic nitrogens is 2. The Balaban J connectivity index is 1.28. The molecule has 0 bridgehead atoms. The smallest absolute Gasteiger partial charge is 0.407 e. The number of amides is 2. The summed E-state index contributed by atoms with van der Waals surface area (Å²) in [7, 11) is 0. The van der Waals surface area contributed by atoms with Crippen LogP contribution in [0.25, 0.3) is 10.3 Å². The summed E-state index contributed by atoms with van der Waals surface area (Å²) in [6, 6.07) is 6.11. The molecule has 2 aliphatic rings. The summed E-state index contributed by atoms with van der Waals surface area (Å²) in [5, 5.41) is 13.4. The lowest BCUT2D eigenvalue weighted by molar-refractivity contribution is 0.0851. The van der Waals surface area contributed by atoms with Crippen molar-refractivity contribution < 1.29 is 23.8 Å². The van der Waals surface area contributed by atoms with Crippen molar-refractivity contribution in [3.63, 3.8) is 0 Å². The van der Waals surface area contributed by atoms with Crippen LogP contribution in [0, 0.1) is 11.7 Å². The summed E-state index contributed by atoms with van der Waals surface area (Å²) >= 11 is 1.51. The molecule has 4 heterocycles. The fourth-order valence-electron chi connectivity index (χ4n) is 5.18. The first-order valence-electron chi connectivity index (χ1n) is 13.5. The average Bonchev–Trinajstić information content (AvgIpc) is 3.35. The molecule has 0 radical (unpaired) electrons. The summed E-state index contributed by atoms with van der Waals surface area (Å²) in [4.78, 5) is 39.9. The number of morpholine rings is 1. The van der Waals surface area contributed by atoms with Crippen LogP contribution in [-0.2, 0) is 4.74 Å². The number of hydrogen-bond donors (Lipinski definition) is 2. The number of benzene rings is 1. The number of nitrogens with zero attached hydrogens (tertiary/aromatic N) is 5. The summed E-state index contributed by atoms with van der Waals surface area (Å²) in [6.45, 7) is 10.3. The van der Waals surface area contributed by atoms with Crippen LogP contribution in [-0.4, -0.2) is 83.5 Å². The minimum absolute atomic E-state index is 0.212. The summed E-state index contributed by atoms with van der Waals surface area (Å²) in [6.07, 6.45) is 2.19. The van der Waals surface area contributed by atoms with E-state index in [9.17, 15) is 19.1 Å². The molecular weight excluding hydrogens is 535 g/mol. The van der Waals surface area contributed by atoms with E-state index in [1.807, 2.05) is 26.8 Å². The molecule has 2 saturated heterocycles. The summed E-state index contributed by atoms with van der Waals surface area (Å²) < 4.78 is 20.6. The van der Waals surface area contributed by atoms with E-state index in [1.54, 1.807) is 12.3 Å². The van der Waals surface area contributed by atoms with Gasteiger partial charge in [0.25, 0.3) is 5.91 Å². The second-order valence-corrected chi connectivity index (χ2v) is 12.3. The lowest BCUT2D eigenvalue weighted by atomic mass is 9.93. The number of nitrogens with one attached hydrogen (secondary N) is 1. The van der Waals surface area contributed by atoms with Crippen molar-refractivity contribution in [3.8, 4) is 0 Å². The van der Waals surface area contributed by atoms with Gasteiger partial charge in [-0.3, -0.25) is 4.79 Å². The molecule has 0 unspecified atom stereocenters. The number of carbonyl (C=O) groups is 2. The molecule has 0 spiro atoms. The number of thiazole rings is 1. The number of fused-ring (bicyclic) bond motifs is 1. The summed E-state index contributed by atoms with van der Waals surface area (Å²) in [5.41, 5.74) is 1.56. The largest absolute Gasteiger partial charge is 0.465 e. The Morgan fingerprint density at radius 2 is 1.88 bits per heavy atom. The van der Waals surface area contributed by atoms with E-state index in [0.29, 0.717) is 49.9 Å². The molecule has 1 aromatic carbocycles. The number of hydrogen-bond acceptors (Lipinski definition) is 8. The van der Waals surface area contributed by atoms with Crippen molar-refractivity contribution in [2.45, 2.75) is 39.2 Å². The molecule has 2 aromatic heterocycles. The molecular formula is C28H35FN6O4S. The molecule has 2 amide bonds. The SMILES string of the molecule is CC(C)(C)N(CC1CCN(c2ccc(F)cc2C(=O)Nc2cnc3nc(N4CCOCC4)sc3c2)CC1)C(=O)O. The zero-order valence-corrected chi connectivity index (χ0v) is 23.8. The molecule has 3 aromatic rings. The van der Waals surface area contributed by atoms with Crippen molar-refractivity contribution in [1.82, 2.24) is 14.9 Å². The van der Waals surface area contributed by atoms with Gasteiger partial charge in [-0.15, -0.1) is 0 Å². The van der Waals surface area contributed by atoms with Gasteiger partial charge in [-0.2, -0.15) is 4.98 Å². The standard InChI is InChI=1S/C28H35FN6O4S/c1-28(2,3)35(27(37)38)17-18-6-8-33(9-7-18)22-5-4-19(29)14-21(22)25(36)31-20-15-23-24(30-16-20)32-26(40-23)34-10-12-39-13-11-34/h4-5,14-16,18H,6-13,17H2,1-3H3,(H,31,36)(H,37,38). The molecule has 2 fully saturated rings. The Morgan fingerprint density at radius 1 is 1.15 bits per heavy atom. The Hall–Kier alpha value is -3.51. The molecule has 0 saturated carbocycles. The first-order chi connectivity index (χ1) is 19.1.